The van der Waals surface area contributed by atoms with Crippen molar-refractivity contribution in [2.24, 2.45) is 0 Å². The number of aromatic amines is 1. The highest BCUT2D eigenvalue weighted by Crippen LogP contribution is 2.22. The lowest BCUT2D eigenvalue weighted by molar-refractivity contribution is 0.0781. The summed E-state index contributed by atoms with van der Waals surface area (Å²) in [6.45, 7) is 1.49. The molecule has 17 heavy (non-hydrogen) atoms. The summed E-state index contributed by atoms with van der Waals surface area (Å²) < 4.78 is 5.42. The van der Waals surface area contributed by atoms with Gasteiger partial charge in [-0.3, -0.25) is 4.79 Å². The van der Waals surface area contributed by atoms with E-state index in [4.69, 9.17) is 4.74 Å². The Kier molecular flexibility index (Phi) is 2.60. The van der Waals surface area contributed by atoms with E-state index in [0.717, 1.165) is 30.7 Å². The normalized spacial score (nSPS) is 20.6. The molecule has 0 aliphatic carbocycles. The van der Waals surface area contributed by atoms with Crippen molar-refractivity contribution < 1.29 is 4.74 Å². The second-order valence-corrected chi connectivity index (χ2v) is 4.27. The maximum Gasteiger partial charge on any atom is 0.249 e. The predicted molar refractivity (Wildman–Crippen MR) is 63.0 cm³/mol. The highest BCUT2D eigenvalue weighted by atomic mass is 16.5. The molecule has 1 saturated heterocycles. The Labute approximate surface area is 97.9 Å². The van der Waals surface area contributed by atoms with Crippen LogP contribution in [-0.2, 0) is 4.74 Å². The number of rotatable bonds is 1. The quantitative estimate of drug-likeness (QED) is 0.801. The summed E-state index contributed by atoms with van der Waals surface area (Å²) in [4.78, 5) is 22.7. The van der Waals surface area contributed by atoms with Crippen LogP contribution in [0.15, 0.2) is 23.1 Å². The standard InChI is InChI=1S/C12H13N3O2/c16-10-4-3-8-6-13-11(15-12(8)14-10)9-2-1-5-17-7-9/h3-4,6,9H,1-2,5,7H2,(H,13,14,15,16). The van der Waals surface area contributed by atoms with E-state index in [1.807, 2.05) is 0 Å². The molecule has 0 bridgehead atoms. The highest BCUT2D eigenvalue weighted by Gasteiger charge is 2.18. The van der Waals surface area contributed by atoms with Gasteiger partial charge in [-0.25, -0.2) is 9.97 Å². The number of fused-ring (bicyclic) bond motifs is 1. The predicted octanol–water partition coefficient (Wildman–Crippen LogP) is 1.21. The molecule has 88 valence electrons. The summed E-state index contributed by atoms with van der Waals surface area (Å²) in [6, 6.07) is 3.21. The van der Waals surface area contributed by atoms with E-state index >= 15 is 0 Å². The fourth-order valence-electron chi connectivity index (χ4n) is 2.09. The Morgan fingerprint density at radius 2 is 2.35 bits per heavy atom. The smallest absolute Gasteiger partial charge is 0.249 e. The first kappa shape index (κ1) is 10.4. The van der Waals surface area contributed by atoms with Crippen molar-refractivity contribution >= 4 is 11.0 Å². The molecule has 3 rings (SSSR count). The van der Waals surface area contributed by atoms with E-state index in [2.05, 4.69) is 15.0 Å². The first-order valence-electron chi connectivity index (χ1n) is 5.77. The number of nitrogens with zero attached hydrogens (tertiary/aromatic N) is 2. The molecule has 5 heteroatoms. The Morgan fingerprint density at radius 3 is 3.18 bits per heavy atom. The maximum atomic E-state index is 11.2. The summed E-state index contributed by atoms with van der Waals surface area (Å²) in [5, 5.41) is 0.852. The van der Waals surface area contributed by atoms with Crippen LogP contribution in [-0.4, -0.2) is 28.2 Å². The largest absolute Gasteiger partial charge is 0.381 e. The van der Waals surface area contributed by atoms with Gasteiger partial charge in [0, 0.05) is 30.2 Å². The van der Waals surface area contributed by atoms with Crippen LogP contribution in [0.3, 0.4) is 0 Å². The van der Waals surface area contributed by atoms with Gasteiger partial charge < -0.3 is 9.72 Å². The summed E-state index contributed by atoms with van der Waals surface area (Å²) >= 11 is 0. The van der Waals surface area contributed by atoms with Crippen molar-refractivity contribution in [3.8, 4) is 0 Å². The van der Waals surface area contributed by atoms with E-state index in [1.165, 1.54) is 6.07 Å². The summed E-state index contributed by atoms with van der Waals surface area (Å²) in [6.07, 6.45) is 3.84. The number of hydrogen-bond acceptors (Lipinski definition) is 4. The number of nitrogens with one attached hydrogen (secondary N) is 1. The molecule has 3 heterocycles. The zero-order valence-corrected chi connectivity index (χ0v) is 9.35. The van der Waals surface area contributed by atoms with Crippen molar-refractivity contribution in [3.05, 3.63) is 34.5 Å². The van der Waals surface area contributed by atoms with Gasteiger partial charge in [0.25, 0.3) is 0 Å². The van der Waals surface area contributed by atoms with E-state index < -0.39 is 0 Å². The van der Waals surface area contributed by atoms with E-state index in [1.54, 1.807) is 12.3 Å². The zero-order valence-electron chi connectivity index (χ0n) is 9.35. The third-order valence-electron chi connectivity index (χ3n) is 3.02. The zero-order chi connectivity index (χ0) is 11.7. The van der Waals surface area contributed by atoms with Gasteiger partial charge in [0.15, 0.2) is 0 Å². The number of pyridine rings is 1. The molecule has 1 aliphatic heterocycles. The molecule has 1 aliphatic rings. The van der Waals surface area contributed by atoms with Gasteiger partial charge in [-0.05, 0) is 18.9 Å². The molecule has 1 fully saturated rings. The first-order valence-corrected chi connectivity index (χ1v) is 5.77. The summed E-state index contributed by atoms with van der Waals surface area (Å²) in [5.41, 5.74) is 0.468. The number of ether oxygens (including phenoxy) is 1. The first-order chi connectivity index (χ1) is 8.33. The van der Waals surface area contributed by atoms with Crippen LogP contribution in [0, 0.1) is 0 Å². The van der Waals surface area contributed by atoms with Crippen LogP contribution in [0.1, 0.15) is 24.6 Å². The van der Waals surface area contributed by atoms with Crippen LogP contribution in [0.2, 0.25) is 0 Å². The third kappa shape index (κ3) is 2.06. The second-order valence-electron chi connectivity index (χ2n) is 4.27. The summed E-state index contributed by atoms with van der Waals surface area (Å²) in [5.74, 6) is 1.01. The Morgan fingerprint density at radius 1 is 1.41 bits per heavy atom. The Hall–Kier alpha value is -1.75. The molecule has 5 nitrogen and oxygen atoms in total. The van der Waals surface area contributed by atoms with Crippen molar-refractivity contribution in [1.82, 2.24) is 15.0 Å². The van der Waals surface area contributed by atoms with Gasteiger partial charge in [0.1, 0.15) is 11.5 Å². The van der Waals surface area contributed by atoms with Crippen LogP contribution in [0.4, 0.5) is 0 Å². The van der Waals surface area contributed by atoms with Crippen molar-refractivity contribution in [1.29, 1.82) is 0 Å². The molecule has 0 saturated carbocycles. The molecule has 2 aromatic heterocycles. The lowest BCUT2D eigenvalue weighted by Gasteiger charge is -2.20. The second kappa shape index (κ2) is 4.25. The monoisotopic (exact) mass is 231 g/mol. The fraction of sp³-hybridized carbons (Fsp3) is 0.417. The van der Waals surface area contributed by atoms with Crippen LogP contribution < -0.4 is 5.56 Å². The average Bonchev–Trinajstić information content (AvgIpc) is 2.39. The molecule has 0 amide bonds. The van der Waals surface area contributed by atoms with Crippen molar-refractivity contribution in [2.75, 3.05) is 13.2 Å². The number of aromatic nitrogens is 3. The molecule has 0 radical (unpaired) electrons. The highest BCUT2D eigenvalue weighted by molar-refractivity contribution is 5.72. The van der Waals surface area contributed by atoms with Gasteiger partial charge in [0.05, 0.1) is 6.61 Å². The average molecular weight is 231 g/mol. The third-order valence-corrected chi connectivity index (χ3v) is 3.02. The molecule has 1 unspecified atom stereocenters. The maximum absolute atomic E-state index is 11.2. The minimum atomic E-state index is -0.137. The molecule has 1 atom stereocenters. The Bertz CT molecular complexity index is 588. The number of H-pyrrole nitrogens is 1. The lowest BCUT2D eigenvalue weighted by atomic mass is 10.0. The molecule has 0 spiro atoms. The molecule has 1 N–H and O–H groups in total. The molecular formula is C12H13N3O2. The Balaban J connectivity index is 2.02. The summed E-state index contributed by atoms with van der Waals surface area (Å²) in [7, 11) is 0. The molecule has 2 aromatic rings. The van der Waals surface area contributed by atoms with Crippen LogP contribution in [0.5, 0.6) is 0 Å². The van der Waals surface area contributed by atoms with Crippen LogP contribution >= 0.6 is 0 Å². The molecule has 0 aromatic carbocycles. The van der Waals surface area contributed by atoms with Gasteiger partial charge >= 0.3 is 0 Å². The van der Waals surface area contributed by atoms with Gasteiger partial charge in [-0.1, -0.05) is 0 Å². The van der Waals surface area contributed by atoms with Gasteiger partial charge in [-0.15, -0.1) is 0 Å². The number of hydrogen-bond donors (Lipinski definition) is 1. The van der Waals surface area contributed by atoms with Crippen molar-refractivity contribution in [2.45, 2.75) is 18.8 Å². The molecular weight excluding hydrogens is 218 g/mol. The topological polar surface area (TPSA) is 67.9 Å². The van der Waals surface area contributed by atoms with Crippen LogP contribution in [0.25, 0.3) is 11.0 Å². The fourth-order valence-corrected chi connectivity index (χ4v) is 2.09. The van der Waals surface area contributed by atoms with E-state index in [0.29, 0.717) is 12.3 Å². The van der Waals surface area contributed by atoms with E-state index in [-0.39, 0.29) is 11.5 Å². The van der Waals surface area contributed by atoms with Gasteiger partial charge in [0.2, 0.25) is 5.56 Å². The lowest BCUT2D eigenvalue weighted by Crippen LogP contribution is -2.18. The minimum Gasteiger partial charge on any atom is -0.381 e. The van der Waals surface area contributed by atoms with E-state index in [9.17, 15) is 4.79 Å². The van der Waals surface area contributed by atoms with Crippen molar-refractivity contribution in [3.63, 3.8) is 0 Å². The minimum absolute atomic E-state index is 0.137. The SMILES string of the molecule is O=c1ccc2cnc(C3CCCOC3)nc2[nH]1. The van der Waals surface area contributed by atoms with Gasteiger partial charge in [-0.2, -0.15) is 0 Å².